The lowest BCUT2D eigenvalue weighted by atomic mass is 9.97. The quantitative estimate of drug-likeness (QED) is 0.785. The predicted octanol–water partition coefficient (Wildman–Crippen LogP) is 1.65. The van der Waals surface area contributed by atoms with Gasteiger partial charge in [0.05, 0.1) is 12.5 Å². The molecule has 0 spiro atoms. The van der Waals surface area contributed by atoms with Crippen molar-refractivity contribution < 1.29 is 9.53 Å². The molecule has 0 bridgehead atoms. The average molecular weight is 256 g/mol. The molecule has 1 fully saturated rings. The van der Waals surface area contributed by atoms with E-state index in [1.807, 2.05) is 6.92 Å². The SMILES string of the molecule is CO[C@@H](C)CC(=O)NC[C@@H]1CCCN(C(C)C)C1. The maximum absolute atomic E-state index is 11.7. The van der Waals surface area contributed by atoms with Gasteiger partial charge in [-0.3, -0.25) is 4.79 Å². The number of piperidine rings is 1. The number of hydrogen-bond acceptors (Lipinski definition) is 3. The Morgan fingerprint density at radius 1 is 1.44 bits per heavy atom. The van der Waals surface area contributed by atoms with Gasteiger partial charge in [-0.15, -0.1) is 0 Å². The molecular formula is C14H28N2O2. The van der Waals surface area contributed by atoms with Gasteiger partial charge in [-0.1, -0.05) is 0 Å². The van der Waals surface area contributed by atoms with Gasteiger partial charge in [-0.25, -0.2) is 0 Å². The van der Waals surface area contributed by atoms with E-state index in [0.29, 0.717) is 18.4 Å². The highest BCUT2D eigenvalue weighted by atomic mass is 16.5. The van der Waals surface area contributed by atoms with E-state index in [1.54, 1.807) is 7.11 Å². The van der Waals surface area contributed by atoms with Crippen LogP contribution in [0.3, 0.4) is 0 Å². The van der Waals surface area contributed by atoms with Crippen LogP contribution in [-0.2, 0) is 9.53 Å². The summed E-state index contributed by atoms with van der Waals surface area (Å²) in [6, 6.07) is 0.608. The number of rotatable bonds is 6. The molecule has 4 nitrogen and oxygen atoms in total. The number of hydrogen-bond donors (Lipinski definition) is 1. The molecule has 1 aliphatic rings. The summed E-state index contributed by atoms with van der Waals surface area (Å²) in [4.78, 5) is 14.2. The van der Waals surface area contributed by atoms with E-state index < -0.39 is 0 Å². The lowest BCUT2D eigenvalue weighted by Crippen LogP contribution is -2.44. The Labute approximate surface area is 111 Å². The van der Waals surface area contributed by atoms with Crippen LogP contribution in [0.2, 0.25) is 0 Å². The van der Waals surface area contributed by atoms with Crippen LogP contribution in [-0.4, -0.2) is 49.7 Å². The highest BCUT2D eigenvalue weighted by Gasteiger charge is 2.22. The van der Waals surface area contributed by atoms with E-state index >= 15 is 0 Å². The van der Waals surface area contributed by atoms with Crippen molar-refractivity contribution >= 4 is 5.91 Å². The molecule has 106 valence electrons. The highest BCUT2D eigenvalue weighted by Crippen LogP contribution is 2.17. The minimum absolute atomic E-state index is 0.00326. The summed E-state index contributed by atoms with van der Waals surface area (Å²) in [6.45, 7) is 9.50. The Kier molecular flexibility index (Phi) is 6.65. The third-order valence-electron chi connectivity index (χ3n) is 3.74. The fourth-order valence-electron chi connectivity index (χ4n) is 2.41. The van der Waals surface area contributed by atoms with Crippen LogP contribution in [0.15, 0.2) is 0 Å². The Balaban J connectivity index is 2.24. The van der Waals surface area contributed by atoms with Gasteiger partial charge in [0.2, 0.25) is 5.91 Å². The second kappa shape index (κ2) is 7.74. The zero-order valence-electron chi connectivity index (χ0n) is 12.2. The van der Waals surface area contributed by atoms with Gasteiger partial charge >= 0.3 is 0 Å². The van der Waals surface area contributed by atoms with E-state index in [9.17, 15) is 4.79 Å². The molecule has 4 heteroatoms. The molecule has 0 aromatic carbocycles. The molecule has 1 aliphatic heterocycles. The van der Waals surface area contributed by atoms with Crippen molar-refractivity contribution in [3.8, 4) is 0 Å². The predicted molar refractivity (Wildman–Crippen MR) is 73.5 cm³/mol. The molecule has 0 aromatic heterocycles. The maximum Gasteiger partial charge on any atom is 0.222 e. The highest BCUT2D eigenvalue weighted by molar-refractivity contribution is 5.76. The summed E-state index contributed by atoms with van der Waals surface area (Å²) >= 11 is 0. The number of likely N-dealkylation sites (tertiary alicyclic amines) is 1. The average Bonchev–Trinajstić information content (AvgIpc) is 2.36. The van der Waals surface area contributed by atoms with Crippen molar-refractivity contribution in [2.75, 3.05) is 26.7 Å². The molecule has 1 saturated heterocycles. The minimum Gasteiger partial charge on any atom is -0.381 e. The molecule has 1 heterocycles. The van der Waals surface area contributed by atoms with Crippen molar-refractivity contribution in [2.24, 2.45) is 5.92 Å². The summed E-state index contributed by atoms with van der Waals surface area (Å²) in [6.07, 6.45) is 2.93. The van der Waals surface area contributed by atoms with Crippen LogP contribution in [0.4, 0.5) is 0 Å². The molecular weight excluding hydrogens is 228 g/mol. The number of methoxy groups -OCH3 is 1. The number of carbonyl (C=O) groups is 1. The van der Waals surface area contributed by atoms with Gasteiger partial charge in [0.25, 0.3) is 0 Å². The van der Waals surface area contributed by atoms with E-state index in [-0.39, 0.29) is 12.0 Å². The number of amides is 1. The molecule has 0 aromatic rings. The zero-order valence-corrected chi connectivity index (χ0v) is 12.2. The molecule has 1 rings (SSSR count). The topological polar surface area (TPSA) is 41.6 Å². The Morgan fingerprint density at radius 3 is 2.78 bits per heavy atom. The first-order chi connectivity index (χ1) is 8.52. The van der Waals surface area contributed by atoms with Crippen molar-refractivity contribution in [1.29, 1.82) is 0 Å². The van der Waals surface area contributed by atoms with Gasteiger partial charge in [-0.05, 0) is 46.1 Å². The van der Waals surface area contributed by atoms with Crippen LogP contribution in [0, 0.1) is 5.92 Å². The lowest BCUT2D eigenvalue weighted by Gasteiger charge is -2.35. The summed E-state index contributed by atoms with van der Waals surface area (Å²) in [5, 5.41) is 3.03. The molecule has 0 saturated carbocycles. The molecule has 0 radical (unpaired) electrons. The molecule has 0 aliphatic carbocycles. The summed E-state index contributed by atoms with van der Waals surface area (Å²) in [7, 11) is 1.64. The molecule has 18 heavy (non-hydrogen) atoms. The smallest absolute Gasteiger partial charge is 0.222 e. The number of nitrogens with zero attached hydrogens (tertiary/aromatic N) is 1. The molecule has 0 unspecified atom stereocenters. The Morgan fingerprint density at radius 2 is 2.17 bits per heavy atom. The van der Waals surface area contributed by atoms with E-state index in [4.69, 9.17) is 4.74 Å². The van der Waals surface area contributed by atoms with Crippen LogP contribution in [0.5, 0.6) is 0 Å². The van der Waals surface area contributed by atoms with Gasteiger partial charge in [0.1, 0.15) is 0 Å². The summed E-state index contributed by atoms with van der Waals surface area (Å²) < 4.78 is 5.09. The number of nitrogens with one attached hydrogen (secondary N) is 1. The lowest BCUT2D eigenvalue weighted by molar-refractivity contribution is -0.123. The van der Waals surface area contributed by atoms with Crippen LogP contribution < -0.4 is 5.32 Å². The summed E-state index contributed by atoms with van der Waals surface area (Å²) in [5.41, 5.74) is 0. The first-order valence-electron chi connectivity index (χ1n) is 7.06. The minimum atomic E-state index is 0.00326. The van der Waals surface area contributed by atoms with Gasteiger partial charge in [0, 0.05) is 26.2 Å². The second-order valence-corrected chi connectivity index (χ2v) is 5.65. The zero-order chi connectivity index (χ0) is 13.5. The van der Waals surface area contributed by atoms with Gasteiger partial charge in [-0.2, -0.15) is 0 Å². The first kappa shape index (κ1) is 15.4. The maximum atomic E-state index is 11.7. The van der Waals surface area contributed by atoms with Crippen LogP contribution in [0.1, 0.15) is 40.0 Å². The van der Waals surface area contributed by atoms with E-state index in [2.05, 4.69) is 24.1 Å². The normalized spacial score (nSPS) is 23.1. The molecule has 2 atom stereocenters. The van der Waals surface area contributed by atoms with Crippen molar-refractivity contribution in [2.45, 2.75) is 52.2 Å². The largest absolute Gasteiger partial charge is 0.381 e. The van der Waals surface area contributed by atoms with Gasteiger partial charge in [0.15, 0.2) is 0 Å². The van der Waals surface area contributed by atoms with Gasteiger partial charge < -0.3 is 15.0 Å². The third-order valence-corrected chi connectivity index (χ3v) is 3.74. The molecule has 1 N–H and O–H groups in total. The summed E-state index contributed by atoms with van der Waals surface area (Å²) in [5.74, 6) is 0.703. The van der Waals surface area contributed by atoms with E-state index in [0.717, 1.165) is 13.1 Å². The first-order valence-corrected chi connectivity index (χ1v) is 7.06. The number of ether oxygens (including phenoxy) is 1. The number of carbonyl (C=O) groups excluding carboxylic acids is 1. The van der Waals surface area contributed by atoms with E-state index in [1.165, 1.54) is 19.4 Å². The standard InChI is InChI=1S/C14H28N2O2/c1-11(2)16-7-5-6-13(10-16)9-15-14(17)8-12(3)18-4/h11-13H,5-10H2,1-4H3,(H,15,17)/t12-,13-/m0/s1. The fourth-order valence-corrected chi connectivity index (χ4v) is 2.41. The Bertz CT molecular complexity index is 256. The third kappa shape index (κ3) is 5.36. The fraction of sp³-hybridized carbons (Fsp3) is 0.929. The molecule has 1 amide bonds. The van der Waals surface area contributed by atoms with Crippen molar-refractivity contribution in [3.05, 3.63) is 0 Å². The monoisotopic (exact) mass is 256 g/mol. The van der Waals surface area contributed by atoms with Crippen LogP contribution >= 0.6 is 0 Å². The van der Waals surface area contributed by atoms with Crippen molar-refractivity contribution in [1.82, 2.24) is 10.2 Å². The second-order valence-electron chi connectivity index (χ2n) is 5.65. The Hall–Kier alpha value is -0.610. The van der Waals surface area contributed by atoms with Crippen LogP contribution in [0.25, 0.3) is 0 Å². The van der Waals surface area contributed by atoms with Crippen molar-refractivity contribution in [3.63, 3.8) is 0 Å².